The smallest absolute Gasteiger partial charge is 0.185 e. The van der Waals surface area contributed by atoms with Gasteiger partial charge in [0.25, 0.3) is 0 Å². The Morgan fingerprint density at radius 1 is 1.15 bits per heavy atom. The van der Waals surface area contributed by atoms with Gasteiger partial charge in [-0.25, -0.2) is 0 Å². The lowest BCUT2D eigenvalue weighted by atomic mass is 10.0. The average molecular weight is 456 g/mol. The van der Waals surface area contributed by atoms with Crippen molar-refractivity contribution >= 4 is 35.8 Å². The van der Waals surface area contributed by atoms with Crippen molar-refractivity contribution in [2.45, 2.75) is 38.3 Å². The lowest BCUT2D eigenvalue weighted by Gasteiger charge is -2.28. The number of hydrogen-bond acceptors (Lipinski definition) is 3. The molecule has 6 heteroatoms. The third kappa shape index (κ3) is 5.33. The SMILES string of the molecule is C[Si](C)(C)OC(c1ccc(O[C@H]2CCOC2)cc1)c1cc(Br)ccc1Cl. The summed E-state index contributed by atoms with van der Waals surface area (Å²) in [4.78, 5) is 0. The van der Waals surface area contributed by atoms with Crippen LogP contribution >= 0.6 is 27.5 Å². The van der Waals surface area contributed by atoms with Crippen molar-refractivity contribution < 1.29 is 13.9 Å². The molecule has 3 nitrogen and oxygen atoms in total. The Labute approximate surface area is 169 Å². The molecular weight excluding hydrogens is 432 g/mol. The van der Waals surface area contributed by atoms with Crippen LogP contribution in [0.25, 0.3) is 0 Å². The molecule has 0 radical (unpaired) electrons. The van der Waals surface area contributed by atoms with Crippen LogP contribution in [0.4, 0.5) is 0 Å². The zero-order valence-electron chi connectivity index (χ0n) is 15.3. The van der Waals surface area contributed by atoms with Crippen LogP contribution in [0.1, 0.15) is 23.7 Å². The van der Waals surface area contributed by atoms with Gasteiger partial charge in [-0.3, -0.25) is 0 Å². The van der Waals surface area contributed by atoms with Gasteiger partial charge in [-0.15, -0.1) is 0 Å². The molecule has 0 saturated carbocycles. The van der Waals surface area contributed by atoms with Crippen molar-refractivity contribution in [1.82, 2.24) is 0 Å². The number of rotatable bonds is 6. The summed E-state index contributed by atoms with van der Waals surface area (Å²) >= 11 is 10.0. The maximum atomic E-state index is 6.49. The van der Waals surface area contributed by atoms with Crippen molar-refractivity contribution in [2.24, 2.45) is 0 Å². The van der Waals surface area contributed by atoms with E-state index >= 15 is 0 Å². The van der Waals surface area contributed by atoms with E-state index < -0.39 is 8.32 Å². The fraction of sp³-hybridized carbons (Fsp3) is 0.400. The van der Waals surface area contributed by atoms with Crippen LogP contribution in [-0.2, 0) is 9.16 Å². The summed E-state index contributed by atoms with van der Waals surface area (Å²) in [5.41, 5.74) is 2.05. The summed E-state index contributed by atoms with van der Waals surface area (Å²) in [6.07, 6.45) is 0.890. The van der Waals surface area contributed by atoms with Gasteiger partial charge in [-0.1, -0.05) is 39.7 Å². The zero-order valence-corrected chi connectivity index (χ0v) is 18.6. The summed E-state index contributed by atoms with van der Waals surface area (Å²) in [6, 6.07) is 14.0. The molecule has 0 aromatic heterocycles. The molecule has 1 unspecified atom stereocenters. The fourth-order valence-electron chi connectivity index (χ4n) is 2.90. The molecule has 26 heavy (non-hydrogen) atoms. The molecule has 1 saturated heterocycles. The Kier molecular flexibility index (Phi) is 6.46. The largest absolute Gasteiger partial charge is 0.488 e. The number of halogens is 2. The van der Waals surface area contributed by atoms with Crippen molar-refractivity contribution in [2.75, 3.05) is 13.2 Å². The molecule has 0 amide bonds. The Bertz CT molecular complexity index is 740. The summed E-state index contributed by atoms with van der Waals surface area (Å²) in [5, 5.41) is 0.708. The van der Waals surface area contributed by atoms with E-state index in [9.17, 15) is 0 Å². The third-order valence-corrected chi connectivity index (χ3v) is 5.87. The van der Waals surface area contributed by atoms with E-state index in [1.807, 2.05) is 30.3 Å². The Balaban J connectivity index is 1.87. The summed E-state index contributed by atoms with van der Waals surface area (Å²) < 4.78 is 18.8. The van der Waals surface area contributed by atoms with Gasteiger partial charge in [0, 0.05) is 21.5 Å². The van der Waals surface area contributed by atoms with Gasteiger partial charge in [-0.05, 0) is 55.5 Å². The van der Waals surface area contributed by atoms with Gasteiger partial charge in [0.15, 0.2) is 8.32 Å². The molecule has 0 N–H and O–H groups in total. The second-order valence-corrected chi connectivity index (χ2v) is 13.2. The fourth-order valence-corrected chi connectivity index (χ4v) is 4.47. The lowest BCUT2D eigenvalue weighted by molar-refractivity contribution is 0.141. The van der Waals surface area contributed by atoms with Crippen LogP contribution in [0.2, 0.25) is 24.7 Å². The van der Waals surface area contributed by atoms with Crippen LogP contribution in [0.3, 0.4) is 0 Å². The molecule has 3 rings (SSSR count). The highest BCUT2D eigenvalue weighted by atomic mass is 79.9. The average Bonchev–Trinajstić information content (AvgIpc) is 3.08. The minimum Gasteiger partial charge on any atom is -0.488 e. The first-order valence-corrected chi connectivity index (χ1v) is 13.4. The van der Waals surface area contributed by atoms with E-state index in [1.54, 1.807) is 0 Å². The molecule has 1 aliphatic rings. The summed E-state index contributed by atoms with van der Waals surface area (Å²) in [6.45, 7) is 7.99. The highest BCUT2D eigenvalue weighted by Crippen LogP contribution is 2.36. The normalized spacial score (nSPS) is 18.7. The predicted molar refractivity (Wildman–Crippen MR) is 112 cm³/mol. The molecule has 140 valence electrons. The van der Waals surface area contributed by atoms with E-state index in [2.05, 4.69) is 47.7 Å². The minimum absolute atomic E-state index is 0.148. The molecule has 0 spiro atoms. The first kappa shape index (κ1) is 19.9. The van der Waals surface area contributed by atoms with E-state index in [4.69, 9.17) is 25.5 Å². The Morgan fingerprint density at radius 2 is 1.88 bits per heavy atom. The molecule has 1 aliphatic heterocycles. The molecule has 2 atom stereocenters. The molecular formula is C20H24BrClO3Si. The molecule has 1 heterocycles. The monoisotopic (exact) mass is 454 g/mol. The maximum absolute atomic E-state index is 6.49. The van der Waals surface area contributed by atoms with Gasteiger partial charge in [-0.2, -0.15) is 0 Å². The van der Waals surface area contributed by atoms with Crippen LogP contribution < -0.4 is 4.74 Å². The number of benzene rings is 2. The van der Waals surface area contributed by atoms with Gasteiger partial charge in [0.2, 0.25) is 0 Å². The van der Waals surface area contributed by atoms with E-state index in [0.29, 0.717) is 11.6 Å². The van der Waals surface area contributed by atoms with E-state index in [0.717, 1.165) is 34.4 Å². The van der Waals surface area contributed by atoms with Crippen molar-refractivity contribution in [3.05, 3.63) is 63.1 Å². The second kappa shape index (κ2) is 8.44. The van der Waals surface area contributed by atoms with Crippen LogP contribution in [-0.4, -0.2) is 27.6 Å². The van der Waals surface area contributed by atoms with Crippen molar-refractivity contribution in [1.29, 1.82) is 0 Å². The van der Waals surface area contributed by atoms with Gasteiger partial charge < -0.3 is 13.9 Å². The Hall–Kier alpha value is -0.853. The van der Waals surface area contributed by atoms with Crippen molar-refractivity contribution in [3.8, 4) is 5.75 Å². The first-order chi connectivity index (χ1) is 12.3. The van der Waals surface area contributed by atoms with Crippen LogP contribution in [0, 0.1) is 0 Å². The van der Waals surface area contributed by atoms with Gasteiger partial charge in [0.1, 0.15) is 11.9 Å². The van der Waals surface area contributed by atoms with Crippen molar-refractivity contribution in [3.63, 3.8) is 0 Å². The van der Waals surface area contributed by atoms with E-state index in [-0.39, 0.29) is 12.2 Å². The van der Waals surface area contributed by atoms with Crippen LogP contribution in [0.5, 0.6) is 5.75 Å². The standard InChI is InChI=1S/C20H24BrClO3Si/c1-26(2,3)25-20(18-12-15(21)6-9-19(18)22)14-4-7-16(8-5-14)24-17-10-11-23-13-17/h4-9,12,17,20H,10-11,13H2,1-3H3/t17-,20?/m0/s1. The molecule has 0 aliphatic carbocycles. The zero-order chi connectivity index (χ0) is 18.7. The number of ether oxygens (including phenoxy) is 2. The number of hydrogen-bond donors (Lipinski definition) is 0. The van der Waals surface area contributed by atoms with Gasteiger partial charge in [0.05, 0.1) is 19.3 Å². The lowest BCUT2D eigenvalue weighted by Crippen LogP contribution is -2.28. The second-order valence-electron chi connectivity index (χ2n) is 7.45. The highest BCUT2D eigenvalue weighted by Gasteiger charge is 2.26. The quantitative estimate of drug-likeness (QED) is 0.484. The first-order valence-electron chi connectivity index (χ1n) is 8.79. The Morgan fingerprint density at radius 3 is 2.50 bits per heavy atom. The van der Waals surface area contributed by atoms with Gasteiger partial charge >= 0.3 is 0 Å². The minimum atomic E-state index is -1.79. The predicted octanol–water partition coefficient (Wildman–Crippen LogP) is 6.21. The molecule has 2 aromatic rings. The molecule has 2 aromatic carbocycles. The highest BCUT2D eigenvalue weighted by molar-refractivity contribution is 9.10. The van der Waals surface area contributed by atoms with E-state index in [1.165, 1.54) is 0 Å². The topological polar surface area (TPSA) is 27.7 Å². The molecule has 1 fully saturated rings. The third-order valence-electron chi connectivity index (χ3n) is 4.09. The summed E-state index contributed by atoms with van der Waals surface area (Å²) in [5.74, 6) is 0.858. The maximum Gasteiger partial charge on any atom is 0.185 e. The molecule has 0 bridgehead atoms. The summed E-state index contributed by atoms with van der Waals surface area (Å²) in [7, 11) is -1.79. The van der Waals surface area contributed by atoms with Crippen LogP contribution in [0.15, 0.2) is 46.9 Å².